The fourth-order valence-corrected chi connectivity index (χ4v) is 3.40. The molecule has 2 aliphatic rings. The van der Waals surface area contributed by atoms with E-state index >= 15 is 0 Å². The zero-order chi connectivity index (χ0) is 11.1. The predicted molar refractivity (Wildman–Crippen MR) is 57.7 cm³/mol. The molecule has 2 rings (SSSR count). The Labute approximate surface area is 90.4 Å². The molecule has 15 heavy (non-hydrogen) atoms. The first kappa shape index (κ1) is 10.7. The molecule has 2 bridgehead atoms. The van der Waals surface area contributed by atoms with Crippen molar-refractivity contribution < 1.29 is 9.90 Å². The Bertz CT molecular complexity index is 269. The Morgan fingerprint density at radius 2 is 2.40 bits per heavy atom. The van der Waals surface area contributed by atoms with Crippen molar-refractivity contribution in [3.63, 3.8) is 0 Å². The third kappa shape index (κ3) is 1.51. The summed E-state index contributed by atoms with van der Waals surface area (Å²) in [7, 11) is 0. The maximum absolute atomic E-state index is 11.2. The van der Waals surface area contributed by atoms with Gasteiger partial charge in [-0.3, -0.25) is 4.90 Å². The van der Waals surface area contributed by atoms with Crippen LogP contribution in [-0.2, 0) is 0 Å². The van der Waals surface area contributed by atoms with E-state index in [0.29, 0.717) is 0 Å². The van der Waals surface area contributed by atoms with Gasteiger partial charge in [-0.05, 0) is 25.7 Å². The topological polar surface area (TPSA) is 66.6 Å². The van der Waals surface area contributed by atoms with Crippen LogP contribution in [0.4, 0.5) is 4.79 Å². The number of hydrogen-bond acceptors (Lipinski definition) is 2. The van der Waals surface area contributed by atoms with Crippen LogP contribution in [0.25, 0.3) is 0 Å². The number of carboxylic acid groups (broad SMARTS) is 1. The summed E-state index contributed by atoms with van der Waals surface area (Å²) in [4.78, 5) is 12.9. The van der Waals surface area contributed by atoms with E-state index in [-0.39, 0.29) is 17.6 Å². The average molecular weight is 212 g/mol. The molecule has 4 nitrogen and oxygen atoms in total. The van der Waals surface area contributed by atoms with E-state index in [0.717, 1.165) is 38.5 Å². The highest BCUT2D eigenvalue weighted by Crippen LogP contribution is 2.48. The van der Waals surface area contributed by atoms with E-state index in [2.05, 4.69) is 6.92 Å². The van der Waals surface area contributed by atoms with Crippen LogP contribution in [0.1, 0.15) is 45.4 Å². The lowest BCUT2D eigenvalue weighted by Crippen LogP contribution is -2.44. The molecule has 0 unspecified atom stereocenters. The molecule has 4 heteroatoms. The summed E-state index contributed by atoms with van der Waals surface area (Å²) in [6.07, 6.45) is 5.26. The summed E-state index contributed by atoms with van der Waals surface area (Å²) >= 11 is 0. The number of hydrogen-bond donors (Lipinski definition) is 2. The van der Waals surface area contributed by atoms with E-state index in [9.17, 15) is 9.90 Å². The third-order valence-electron chi connectivity index (χ3n) is 4.06. The lowest BCUT2D eigenvalue weighted by molar-refractivity contribution is 0.103. The minimum absolute atomic E-state index is 0.0618. The number of rotatable bonds is 3. The van der Waals surface area contributed by atoms with Gasteiger partial charge in [0.05, 0.1) is 6.04 Å². The van der Waals surface area contributed by atoms with Gasteiger partial charge in [0, 0.05) is 11.6 Å². The van der Waals surface area contributed by atoms with E-state index in [4.69, 9.17) is 5.73 Å². The number of amides is 1. The van der Waals surface area contributed by atoms with E-state index in [1.54, 1.807) is 4.90 Å². The van der Waals surface area contributed by atoms with Crippen molar-refractivity contribution in [3.8, 4) is 0 Å². The monoisotopic (exact) mass is 212 g/mol. The van der Waals surface area contributed by atoms with E-state index in [1.807, 2.05) is 0 Å². The molecule has 0 spiro atoms. The second-order valence-electron chi connectivity index (χ2n) is 4.95. The second kappa shape index (κ2) is 3.67. The molecule has 0 radical (unpaired) electrons. The smallest absolute Gasteiger partial charge is 0.408 e. The minimum atomic E-state index is -0.776. The van der Waals surface area contributed by atoms with Crippen LogP contribution in [-0.4, -0.2) is 33.7 Å². The zero-order valence-electron chi connectivity index (χ0n) is 9.28. The van der Waals surface area contributed by atoms with Gasteiger partial charge in [-0.1, -0.05) is 19.8 Å². The molecule has 2 saturated heterocycles. The maximum atomic E-state index is 11.2. The van der Waals surface area contributed by atoms with Gasteiger partial charge in [-0.25, -0.2) is 4.79 Å². The van der Waals surface area contributed by atoms with Crippen molar-refractivity contribution in [2.75, 3.05) is 0 Å². The highest BCUT2D eigenvalue weighted by Gasteiger charge is 2.57. The molecule has 0 saturated carbocycles. The molecule has 3 N–H and O–H groups in total. The van der Waals surface area contributed by atoms with Crippen molar-refractivity contribution in [2.24, 2.45) is 5.73 Å². The Morgan fingerprint density at radius 1 is 1.67 bits per heavy atom. The summed E-state index contributed by atoms with van der Waals surface area (Å²) in [5.41, 5.74) is 5.88. The van der Waals surface area contributed by atoms with Crippen LogP contribution < -0.4 is 5.73 Å². The van der Waals surface area contributed by atoms with Crippen molar-refractivity contribution in [1.82, 2.24) is 4.90 Å². The summed E-state index contributed by atoms with van der Waals surface area (Å²) in [5.74, 6) is 0. The fraction of sp³-hybridized carbons (Fsp3) is 0.909. The Balaban J connectivity index is 2.17. The largest absolute Gasteiger partial charge is 0.465 e. The van der Waals surface area contributed by atoms with E-state index < -0.39 is 6.09 Å². The molecular formula is C11H20N2O2. The van der Waals surface area contributed by atoms with Gasteiger partial charge in [0.25, 0.3) is 0 Å². The number of carbonyl (C=O) groups is 1. The molecule has 2 heterocycles. The standard InChI is InChI=1S/C11H20N2O2/c1-2-3-5-11-6-4-9(8(12)7-11)13(11)10(14)15/h8-9H,2-7,12H2,1H3,(H,14,15)/t8-,9+,11-/m0/s1. The quantitative estimate of drug-likeness (QED) is 0.749. The van der Waals surface area contributed by atoms with Crippen LogP contribution >= 0.6 is 0 Å². The first-order valence-electron chi connectivity index (χ1n) is 5.88. The van der Waals surface area contributed by atoms with Crippen molar-refractivity contribution in [1.29, 1.82) is 0 Å². The number of nitrogens with two attached hydrogens (primary N) is 1. The molecule has 0 aromatic heterocycles. The lowest BCUT2D eigenvalue weighted by atomic mass is 9.82. The molecule has 86 valence electrons. The Hall–Kier alpha value is -0.770. The summed E-state index contributed by atoms with van der Waals surface area (Å²) in [5, 5.41) is 9.25. The van der Waals surface area contributed by atoms with E-state index in [1.165, 1.54) is 0 Å². The molecule has 3 atom stereocenters. The minimum Gasteiger partial charge on any atom is -0.465 e. The van der Waals surface area contributed by atoms with Gasteiger partial charge in [0.15, 0.2) is 0 Å². The molecule has 1 amide bonds. The van der Waals surface area contributed by atoms with Gasteiger partial charge in [0.2, 0.25) is 0 Å². The fourth-order valence-electron chi connectivity index (χ4n) is 3.40. The summed E-state index contributed by atoms with van der Waals surface area (Å²) in [6.45, 7) is 2.14. The summed E-state index contributed by atoms with van der Waals surface area (Å²) < 4.78 is 0. The Morgan fingerprint density at radius 3 is 2.93 bits per heavy atom. The van der Waals surface area contributed by atoms with Crippen LogP contribution in [0.2, 0.25) is 0 Å². The van der Waals surface area contributed by atoms with Gasteiger partial charge in [-0.15, -0.1) is 0 Å². The third-order valence-corrected chi connectivity index (χ3v) is 4.06. The van der Waals surface area contributed by atoms with Crippen molar-refractivity contribution in [3.05, 3.63) is 0 Å². The molecule has 2 fully saturated rings. The van der Waals surface area contributed by atoms with Crippen molar-refractivity contribution >= 4 is 6.09 Å². The number of fused-ring (bicyclic) bond motifs is 2. The maximum Gasteiger partial charge on any atom is 0.408 e. The van der Waals surface area contributed by atoms with Crippen LogP contribution in [0.15, 0.2) is 0 Å². The molecule has 0 aromatic carbocycles. The zero-order valence-corrected chi connectivity index (χ0v) is 9.28. The predicted octanol–water partition coefficient (Wildman–Crippen LogP) is 1.79. The van der Waals surface area contributed by atoms with Crippen LogP contribution in [0, 0.1) is 0 Å². The lowest BCUT2D eigenvalue weighted by Gasteiger charge is -2.32. The van der Waals surface area contributed by atoms with Gasteiger partial charge >= 0.3 is 6.09 Å². The van der Waals surface area contributed by atoms with Gasteiger partial charge in [0.1, 0.15) is 0 Å². The highest BCUT2D eigenvalue weighted by atomic mass is 16.4. The normalized spacial score (nSPS) is 38.7. The van der Waals surface area contributed by atoms with Crippen molar-refractivity contribution in [2.45, 2.75) is 63.1 Å². The molecule has 0 aliphatic carbocycles. The number of unbranched alkanes of at least 4 members (excludes halogenated alkanes) is 1. The SMILES string of the molecule is CCCC[C@]12CC[C@H]([C@@H](N)C1)N2C(=O)O. The van der Waals surface area contributed by atoms with Crippen LogP contribution in [0.5, 0.6) is 0 Å². The van der Waals surface area contributed by atoms with Gasteiger partial charge < -0.3 is 10.8 Å². The summed E-state index contributed by atoms with van der Waals surface area (Å²) in [6, 6.07) is 0.145. The Kier molecular flexibility index (Phi) is 2.63. The molecular weight excluding hydrogens is 192 g/mol. The van der Waals surface area contributed by atoms with Crippen LogP contribution in [0.3, 0.4) is 0 Å². The highest BCUT2D eigenvalue weighted by molar-refractivity contribution is 5.68. The van der Waals surface area contributed by atoms with Gasteiger partial charge in [-0.2, -0.15) is 0 Å². The molecule has 0 aromatic rings. The average Bonchev–Trinajstić information content (AvgIpc) is 2.66. The first-order valence-corrected chi connectivity index (χ1v) is 5.88. The first-order chi connectivity index (χ1) is 7.10. The second-order valence-corrected chi connectivity index (χ2v) is 4.95. The molecule has 2 aliphatic heterocycles. The number of nitrogens with zero attached hydrogens (tertiary/aromatic N) is 1.